The maximum atomic E-state index is 11.4. The summed E-state index contributed by atoms with van der Waals surface area (Å²) in [4.78, 5) is 24.0. The van der Waals surface area contributed by atoms with E-state index in [4.69, 9.17) is 14.2 Å². The van der Waals surface area contributed by atoms with E-state index in [1.807, 2.05) is 0 Å². The van der Waals surface area contributed by atoms with Gasteiger partial charge < -0.3 is 14.2 Å². The van der Waals surface area contributed by atoms with E-state index in [0.29, 0.717) is 12.4 Å². The second-order valence-corrected chi connectivity index (χ2v) is 4.00. The fourth-order valence-corrected chi connectivity index (χ4v) is 1.75. The van der Waals surface area contributed by atoms with Crippen molar-refractivity contribution in [3.8, 4) is 5.75 Å². The normalized spacial score (nSPS) is 13.6. The standard InChI is InChI=1S/C13H15NO5/c1-3-17-12(15)8-18-10-5-4-9-7-19-13(16)14(2)11(9)6-10/h4-6H,3,7-8H2,1-2H3. The van der Waals surface area contributed by atoms with E-state index in [1.165, 1.54) is 4.90 Å². The highest BCUT2D eigenvalue weighted by molar-refractivity contribution is 5.90. The van der Waals surface area contributed by atoms with Crippen LogP contribution in [-0.4, -0.2) is 32.3 Å². The molecule has 1 aromatic rings. The van der Waals surface area contributed by atoms with Crippen molar-refractivity contribution >= 4 is 17.7 Å². The van der Waals surface area contributed by atoms with Gasteiger partial charge in [-0.15, -0.1) is 0 Å². The van der Waals surface area contributed by atoms with E-state index >= 15 is 0 Å². The van der Waals surface area contributed by atoms with Crippen LogP contribution in [0.1, 0.15) is 12.5 Å². The molecular formula is C13H15NO5. The highest BCUT2D eigenvalue weighted by Crippen LogP contribution is 2.29. The van der Waals surface area contributed by atoms with Crippen molar-refractivity contribution in [3.63, 3.8) is 0 Å². The number of esters is 1. The lowest BCUT2D eigenvalue weighted by molar-refractivity contribution is -0.145. The average molecular weight is 265 g/mol. The summed E-state index contributed by atoms with van der Waals surface area (Å²) in [7, 11) is 1.62. The van der Waals surface area contributed by atoms with Crippen molar-refractivity contribution < 1.29 is 23.8 Å². The maximum absolute atomic E-state index is 11.4. The van der Waals surface area contributed by atoms with Gasteiger partial charge in [0.25, 0.3) is 0 Å². The molecule has 0 spiro atoms. The summed E-state index contributed by atoms with van der Waals surface area (Å²) < 4.78 is 15.0. The van der Waals surface area contributed by atoms with Crippen LogP contribution in [0.15, 0.2) is 18.2 Å². The Labute approximate surface area is 110 Å². The lowest BCUT2D eigenvalue weighted by atomic mass is 10.1. The summed E-state index contributed by atoms with van der Waals surface area (Å²) in [6.07, 6.45) is -0.407. The van der Waals surface area contributed by atoms with Crippen LogP contribution in [0.25, 0.3) is 0 Å². The lowest BCUT2D eigenvalue weighted by Gasteiger charge is -2.25. The fourth-order valence-electron chi connectivity index (χ4n) is 1.75. The van der Waals surface area contributed by atoms with E-state index in [-0.39, 0.29) is 13.2 Å². The molecule has 0 aromatic heterocycles. The van der Waals surface area contributed by atoms with Crippen LogP contribution in [0.4, 0.5) is 10.5 Å². The minimum atomic E-state index is -0.423. The van der Waals surface area contributed by atoms with Crippen LogP contribution >= 0.6 is 0 Å². The van der Waals surface area contributed by atoms with E-state index < -0.39 is 12.1 Å². The number of cyclic esters (lactones) is 1. The Kier molecular flexibility index (Phi) is 3.89. The van der Waals surface area contributed by atoms with Crippen molar-refractivity contribution in [3.05, 3.63) is 23.8 Å². The molecule has 0 radical (unpaired) electrons. The molecule has 1 aliphatic heterocycles. The summed E-state index contributed by atoms with van der Waals surface area (Å²) in [6.45, 7) is 2.15. The maximum Gasteiger partial charge on any atom is 0.414 e. The first kappa shape index (κ1) is 13.2. The summed E-state index contributed by atoms with van der Waals surface area (Å²) in [5.41, 5.74) is 1.61. The number of carbonyl (C=O) groups is 2. The van der Waals surface area contributed by atoms with Crippen molar-refractivity contribution in [2.24, 2.45) is 0 Å². The topological polar surface area (TPSA) is 65.1 Å². The van der Waals surface area contributed by atoms with Crippen molar-refractivity contribution in [1.82, 2.24) is 0 Å². The van der Waals surface area contributed by atoms with Crippen molar-refractivity contribution in [1.29, 1.82) is 0 Å². The molecule has 0 bridgehead atoms. The van der Waals surface area contributed by atoms with Crippen LogP contribution in [0.3, 0.4) is 0 Å². The van der Waals surface area contributed by atoms with Gasteiger partial charge in [0.1, 0.15) is 12.4 Å². The SMILES string of the molecule is CCOC(=O)COc1ccc2c(c1)N(C)C(=O)OC2. The zero-order chi connectivity index (χ0) is 13.8. The Balaban J connectivity index is 2.08. The van der Waals surface area contributed by atoms with Gasteiger partial charge in [-0.05, 0) is 19.1 Å². The summed E-state index contributed by atoms with van der Waals surface area (Å²) in [5, 5.41) is 0. The number of benzene rings is 1. The Morgan fingerprint density at radius 2 is 2.26 bits per heavy atom. The number of hydrogen-bond donors (Lipinski definition) is 0. The zero-order valence-electron chi connectivity index (χ0n) is 10.8. The van der Waals surface area contributed by atoms with E-state index in [2.05, 4.69) is 0 Å². The third-order valence-electron chi connectivity index (χ3n) is 2.71. The molecule has 0 atom stereocenters. The Hall–Kier alpha value is -2.24. The third kappa shape index (κ3) is 2.96. The first-order valence-corrected chi connectivity index (χ1v) is 5.93. The molecule has 6 nitrogen and oxygen atoms in total. The van der Waals surface area contributed by atoms with Crippen LogP contribution in [0, 0.1) is 0 Å². The third-order valence-corrected chi connectivity index (χ3v) is 2.71. The number of carbonyl (C=O) groups excluding carboxylic acids is 2. The number of amides is 1. The van der Waals surface area contributed by atoms with Crippen LogP contribution in [0.5, 0.6) is 5.75 Å². The van der Waals surface area contributed by atoms with Gasteiger partial charge in [-0.1, -0.05) is 0 Å². The van der Waals surface area contributed by atoms with Gasteiger partial charge in [-0.25, -0.2) is 9.59 Å². The van der Waals surface area contributed by atoms with Gasteiger partial charge in [0, 0.05) is 18.7 Å². The highest BCUT2D eigenvalue weighted by Gasteiger charge is 2.22. The van der Waals surface area contributed by atoms with Gasteiger partial charge in [0.2, 0.25) is 0 Å². The lowest BCUT2D eigenvalue weighted by Crippen LogP contribution is -2.31. The molecule has 6 heteroatoms. The summed E-state index contributed by atoms with van der Waals surface area (Å²) in [5.74, 6) is 0.0846. The van der Waals surface area contributed by atoms with Gasteiger partial charge in [0.05, 0.1) is 12.3 Å². The predicted octanol–water partition coefficient (Wildman–Crippen LogP) is 1.71. The second-order valence-electron chi connectivity index (χ2n) is 4.00. The molecule has 102 valence electrons. The van der Waals surface area contributed by atoms with Crippen LogP contribution in [-0.2, 0) is 20.9 Å². The fraction of sp³-hybridized carbons (Fsp3) is 0.385. The second kappa shape index (κ2) is 5.60. The van der Waals surface area contributed by atoms with E-state index in [1.54, 1.807) is 32.2 Å². The summed E-state index contributed by atoms with van der Waals surface area (Å²) in [6, 6.07) is 5.23. The molecule has 0 unspecified atom stereocenters. The van der Waals surface area contributed by atoms with Gasteiger partial charge in [-0.3, -0.25) is 4.90 Å². The molecule has 1 heterocycles. The van der Waals surface area contributed by atoms with Crippen molar-refractivity contribution in [2.45, 2.75) is 13.5 Å². The molecule has 0 saturated heterocycles. The Bertz CT molecular complexity index is 500. The highest BCUT2D eigenvalue weighted by atomic mass is 16.6. The van der Waals surface area contributed by atoms with Gasteiger partial charge in [-0.2, -0.15) is 0 Å². The monoisotopic (exact) mass is 265 g/mol. The minimum absolute atomic E-state index is 0.152. The number of rotatable bonds is 4. The first-order chi connectivity index (χ1) is 9.11. The average Bonchev–Trinajstić information content (AvgIpc) is 2.41. The number of anilines is 1. The molecule has 0 aliphatic carbocycles. The molecular weight excluding hydrogens is 250 g/mol. The number of fused-ring (bicyclic) bond motifs is 1. The number of nitrogens with zero attached hydrogens (tertiary/aromatic N) is 1. The quantitative estimate of drug-likeness (QED) is 0.775. The molecule has 1 aliphatic rings. The molecule has 19 heavy (non-hydrogen) atoms. The molecule has 0 fully saturated rings. The minimum Gasteiger partial charge on any atom is -0.482 e. The number of ether oxygens (including phenoxy) is 3. The predicted molar refractivity (Wildman–Crippen MR) is 67.2 cm³/mol. The molecule has 1 amide bonds. The molecule has 0 saturated carbocycles. The van der Waals surface area contributed by atoms with Gasteiger partial charge >= 0.3 is 12.1 Å². The molecule has 2 rings (SSSR count). The summed E-state index contributed by atoms with van der Waals surface area (Å²) >= 11 is 0. The van der Waals surface area contributed by atoms with Gasteiger partial charge in [0.15, 0.2) is 6.61 Å². The Morgan fingerprint density at radius 3 is 3.00 bits per heavy atom. The Morgan fingerprint density at radius 1 is 1.47 bits per heavy atom. The van der Waals surface area contributed by atoms with Crippen molar-refractivity contribution in [2.75, 3.05) is 25.2 Å². The molecule has 0 N–H and O–H groups in total. The van der Waals surface area contributed by atoms with E-state index in [0.717, 1.165) is 11.3 Å². The first-order valence-electron chi connectivity index (χ1n) is 5.93. The largest absolute Gasteiger partial charge is 0.482 e. The van der Waals surface area contributed by atoms with E-state index in [9.17, 15) is 9.59 Å². The van der Waals surface area contributed by atoms with Crippen LogP contribution < -0.4 is 9.64 Å². The smallest absolute Gasteiger partial charge is 0.414 e. The number of hydrogen-bond acceptors (Lipinski definition) is 5. The zero-order valence-corrected chi connectivity index (χ0v) is 10.8. The molecule has 1 aromatic carbocycles. The van der Waals surface area contributed by atoms with Crippen LogP contribution in [0.2, 0.25) is 0 Å².